The molecule has 0 radical (unpaired) electrons. The number of halogens is 1. The minimum absolute atomic E-state index is 0.353. The number of anilines is 1. The van der Waals surface area contributed by atoms with Gasteiger partial charge in [0.15, 0.2) is 11.6 Å². The highest BCUT2D eigenvalue weighted by Gasteiger charge is 2.16. The van der Waals surface area contributed by atoms with E-state index in [0.29, 0.717) is 17.5 Å². The fourth-order valence-corrected chi connectivity index (χ4v) is 2.70. The maximum atomic E-state index is 5.37. The molecule has 5 heteroatoms. The smallest absolute Gasteiger partial charge is 0.197 e. The molecule has 0 saturated heterocycles. The normalized spacial score (nSPS) is 10.9. The lowest BCUT2D eigenvalue weighted by Crippen LogP contribution is -2.08. The summed E-state index contributed by atoms with van der Waals surface area (Å²) >= 11 is 2.30. The lowest BCUT2D eigenvalue weighted by molar-refractivity contribution is 0.576. The van der Waals surface area contributed by atoms with E-state index in [9.17, 15) is 0 Å². The second-order valence-electron chi connectivity index (χ2n) is 4.26. The summed E-state index contributed by atoms with van der Waals surface area (Å²) in [7, 11) is 0. The van der Waals surface area contributed by atoms with Crippen LogP contribution in [0.4, 0.5) is 5.82 Å². The first-order chi connectivity index (χ1) is 8.63. The van der Waals surface area contributed by atoms with Crippen molar-refractivity contribution in [3.8, 4) is 11.6 Å². The Hall–Kier alpha value is -1.11. The fraction of sp³-hybridized carbons (Fsp3) is 0.385. The monoisotopic (exact) mass is 357 g/mol. The highest BCUT2D eigenvalue weighted by molar-refractivity contribution is 14.1. The van der Waals surface area contributed by atoms with Gasteiger partial charge in [-0.1, -0.05) is 13.8 Å². The highest BCUT2D eigenvalue weighted by Crippen LogP contribution is 2.28. The molecule has 18 heavy (non-hydrogen) atoms. The number of furan rings is 1. The van der Waals surface area contributed by atoms with Crippen molar-refractivity contribution in [2.45, 2.75) is 26.7 Å². The third-order valence-electron chi connectivity index (χ3n) is 2.51. The maximum Gasteiger partial charge on any atom is 0.197 e. The molecule has 0 unspecified atom stereocenters. The Bertz CT molecular complexity index is 523. The van der Waals surface area contributed by atoms with Gasteiger partial charge in [0.2, 0.25) is 0 Å². The Labute approximate surface area is 120 Å². The summed E-state index contributed by atoms with van der Waals surface area (Å²) in [5, 5.41) is 3.27. The molecule has 0 bridgehead atoms. The molecular formula is C13H16IN3O. The lowest BCUT2D eigenvalue weighted by Gasteiger charge is -2.13. The molecule has 2 aromatic rings. The van der Waals surface area contributed by atoms with Gasteiger partial charge >= 0.3 is 0 Å². The zero-order chi connectivity index (χ0) is 13.1. The minimum Gasteiger partial charge on any atom is -0.461 e. The van der Waals surface area contributed by atoms with Crippen LogP contribution in [0.3, 0.4) is 0 Å². The number of aromatic nitrogens is 2. The van der Waals surface area contributed by atoms with Gasteiger partial charge in [0.25, 0.3) is 0 Å². The van der Waals surface area contributed by atoms with Gasteiger partial charge in [-0.2, -0.15) is 0 Å². The van der Waals surface area contributed by atoms with E-state index < -0.39 is 0 Å². The van der Waals surface area contributed by atoms with Gasteiger partial charge in [0.05, 0.1) is 15.5 Å². The Morgan fingerprint density at radius 1 is 1.39 bits per heavy atom. The number of rotatable bonds is 4. The zero-order valence-corrected chi connectivity index (χ0v) is 12.9. The van der Waals surface area contributed by atoms with Crippen LogP contribution in [0, 0.1) is 3.57 Å². The van der Waals surface area contributed by atoms with Crippen molar-refractivity contribution in [2.75, 3.05) is 11.9 Å². The summed E-state index contributed by atoms with van der Waals surface area (Å²) < 4.78 is 6.46. The molecule has 2 rings (SSSR count). The fourth-order valence-electron chi connectivity index (χ4n) is 1.65. The predicted molar refractivity (Wildman–Crippen MR) is 80.7 cm³/mol. The van der Waals surface area contributed by atoms with E-state index in [2.05, 4.69) is 58.6 Å². The van der Waals surface area contributed by atoms with Gasteiger partial charge in [0.1, 0.15) is 5.82 Å². The van der Waals surface area contributed by atoms with Crippen LogP contribution in [-0.2, 0) is 0 Å². The van der Waals surface area contributed by atoms with Crippen LogP contribution in [0.5, 0.6) is 0 Å². The maximum absolute atomic E-state index is 5.37. The van der Waals surface area contributed by atoms with E-state index in [1.165, 1.54) is 0 Å². The second kappa shape index (κ2) is 5.69. The lowest BCUT2D eigenvalue weighted by atomic mass is 10.1. The van der Waals surface area contributed by atoms with Crippen molar-refractivity contribution in [1.82, 2.24) is 9.97 Å². The molecule has 2 aromatic heterocycles. The molecule has 2 heterocycles. The van der Waals surface area contributed by atoms with Gasteiger partial charge in [-0.05, 0) is 47.6 Å². The van der Waals surface area contributed by atoms with Gasteiger partial charge < -0.3 is 9.73 Å². The van der Waals surface area contributed by atoms with Crippen LogP contribution in [0.15, 0.2) is 22.8 Å². The molecule has 0 aliphatic rings. The zero-order valence-electron chi connectivity index (χ0n) is 10.7. The van der Waals surface area contributed by atoms with Crippen LogP contribution in [0.1, 0.15) is 32.4 Å². The summed E-state index contributed by atoms with van der Waals surface area (Å²) in [4.78, 5) is 9.13. The number of hydrogen-bond acceptors (Lipinski definition) is 4. The molecule has 0 aliphatic carbocycles. The summed E-state index contributed by atoms with van der Waals surface area (Å²) in [6, 6.07) is 3.72. The molecule has 96 valence electrons. The van der Waals surface area contributed by atoms with Gasteiger partial charge in [-0.25, -0.2) is 9.97 Å². The molecule has 0 amide bonds. The van der Waals surface area contributed by atoms with Crippen LogP contribution in [-0.4, -0.2) is 16.5 Å². The second-order valence-corrected chi connectivity index (χ2v) is 5.34. The standard InChI is InChI=1S/C13H16IN3O/c1-4-15-13-10(14)11(8(2)3)16-12(17-13)9-6-5-7-18-9/h5-8H,4H2,1-3H3,(H,15,16,17). The molecule has 0 spiro atoms. The van der Waals surface area contributed by atoms with Crippen molar-refractivity contribution in [1.29, 1.82) is 0 Å². The summed E-state index contributed by atoms with van der Waals surface area (Å²) in [6.45, 7) is 7.15. The van der Waals surface area contributed by atoms with E-state index in [4.69, 9.17) is 4.42 Å². The van der Waals surface area contributed by atoms with Crippen molar-refractivity contribution in [3.63, 3.8) is 0 Å². The average molecular weight is 357 g/mol. The van der Waals surface area contributed by atoms with Crippen molar-refractivity contribution >= 4 is 28.4 Å². The molecule has 0 aromatic carbocycles. The Kier molecular flexibility index (Phi) is 4.21. The Balaban J connectivity index is 2.55. The molecule has 0 saturated carbocycles. The van der Waals surface area contributed by atoms with Gasteiger partial charge in [-0.15, -0.1) is 0 Å². The first kappa shape index (κ1) is 13.3. The third-order valence-corrected chi connectivity index (χ3v) is 3.57. The van der Waals surface area contributed by atoms with E-state index in [-0.39, 0.29) is 0 Å². The quantitative estimate of drug-likeness (QED) is 0.844. The topological polar surface area (TPSA) is 51.0 Å². The first-order valence-electron chi connectivity index (χ1n) is 5.98. The number of nitrogens with one attached hydrogen (secondary N) is 1. The van der Waals surface area contributed by atoms with Crippen LogP contribution in [0.25, 0.3) is 11.6 Å². The summed E-state index contributed by atoms with van der Waals surface area (Å²) in [6.07, 6.45) is 1.64. The van der Waals surface area contributed by atoms with Crippen molar-refractivity contribution in [2.24, 2.45) is 0 Å². The van der Waals surface area contributed by atoms with Crippen molar-refractivity contribution < 1.29 is 4.42 Å². The Morgan fingerprint density at radius 2 is 2.17 bits per heavy atom. The van der Waals surface area contributed by atoms with E-state index in [1.54, 1.807) is 6.26 Å². The van der Waals surface area contributed by atoms with E-state index >= 15 is 0 Å². The van der Waals surface area contributed by atoms with Crippen LogP contribution in [0.2, 0.25) is 0 Å². The van der Waals surface area contributed by atoms with E-state index in [1.807, 2.05) is 12.1 Å². The number of hydrogen-bond donors (Lipinski definition) is 1. The van der Waals surface area contributed by atoms with Crippen molar-refractivity contribution in [3.05, 3.63) is 27.7 Å². The molecule has 0 aliphatic heterocycles. The summed E-state index contributed by atoms with van der Waals surface area (Å²) in [5.41, 5.74) is 1.05. The molecular weight excluding hydrogens is 341 g/mol. The Morgan fingerprint density at radius 3 is 2.72 bits per heavy atom. The average Bonchev–Trinajstić information content (AvgIpc) is 2.85. The SMILES string of the molecule is CCNc1nc(-c2ccco2)nc(C(C)C)c1I. The van der Waals surface area contributed by atoms with Gasteiger partial charge in [0, 0.05) is 6.54 Å². The highest BCUT2D eigenvalue weighted by atomic mass is 127. The first-order valence-corrected chi connectivity index (χ1v) is 7.06. The molecule has 0 atom stereocenters. The minimum atomic E-state index is 0.353. The molecule has 1 N–H and O–H groups in total. The molecule has 0 fully saturated rings. The number of nitrogens with zero attached hydrogens (tertiary/aromatic N) is 2. The van der Waals surface area contributed by atoms with Crippen LogP contribution >= 0.6 is 22.6 Å². The van der Waals surface area contributed by atoms with Crippen LogP contribution < -0.4 is 5.32 Å². The summed E-state index contributed by atoms with van der Waals surface area (Å²) in [5.74, 6) is 2.57. The van der Waals surface area contributed by atoms with Gasteiger partial charge in [-0.3, -0.25) is 0 Å². The predicted octanol–water partition coefficient (Wildman–Crippen LogP) is 3.90. The largest absolute Gasteiger partial charge is 0.461 e. The third kappa shape index (κ3) is 2.66. The molecule has 4 nitrogen and oxygen atoms in total. The van der Waals surface area contributed by atoms with E-state index in [0.717, 1.165) is 21.6 Å².